The molecule has 0 aliphatic heterocycles. The van der Waals surface area contributed by atoms with Gasteiger partial charge in [-0.15, -0.1) is 0 Å². The minimum atomic E-state index is -1.26. The molecule has 0 saturated carbocycles. The number of unbranched alkanes of at least 4 members (excludes halogenated alkanes) is 4. The second-order valence-electron chi connectivity index (χ2n) is 7.11. The summed E-state index contributed by atoms with van der Waals surface area (Å²) in [5.41, 5.74) is 4.98. The standard InChI is InChI=1S/C24H38N2O4/c1-2-3-4-5-6-7-8-9-10-11-12-13-14-15-16-17-18-19-23(28)26-21(24(29)30)20-22(25)27/h6-7,9-10,12-13,15-16,21H,2-5,8,11,14,17-20H2,1H3,(H2,25,27)(H,26,28)(H,29,30)/b7-6-,10-9-,13-12-,16-15-/t21-/m0/s1. The summed E-state index contributed by atoms with van der Waals surface area (Å²) in [6.07, 6.45) is 26.1. The van der Waals surface area contributed by atoms with E-state index < -0.39 is 24.3 Å². The second kappa shape index (κ2) is 19.7. The SMILES string of the molecule is CCCCC/C=C\C/C=C\C/C=C\C/C=C\CCCC(=O)N[C@@H](CC(N)=O)C(=O)O. The minimum absolute atomic E-state index is 0.209. The second-order valence-corrected chi connectivity index (χ2v) is 7.11. The Morgan fingerprint density at radius 3 is 1.80 bits per heavy atom. The van der Waals surface area contributed by atoms with Gasteiger partial charge in [0.2, 0.25) is 11.8 Å². The Bertz CT molecular complexity index is 606. The number of carboxylic acid groups (broad SMARTS) is 1. The van der Waals surface area contributed by atoms with Crippen molar-refractivity contribution < 1.29 is 19.5 Å². The first-order valence-corrected chi connectivity index (χ1v) is 10.9. The molecule has 0 bridgehead atoms. The van der Waals surface area contributed by atoms with Crippen LogP contribution in [0, 0.1) is 0 Å². The Morgan fingerprint density at radius 1 is 0.833 bits per heavy atom. The normalized spacial score (nSPS) is 13.0. The van der Waals surface area contributed by atoms with Gasteiger partial charge in [-0.25, -0.2) is 4.79 Å². The predicted octanol–water partition coefficient (Wildman–Crippen LogP) is 4.58. The molecule has 168 valence electrons. The number of amides is 2. The van der Waals surface area contributed by atoms with Crippen molar-refractivity contribution in [1.29, 1.82) is 0 Å². The van der Waals surface area contributed by atoms with E-state index in [0.29, 0.717) is 6.42 Å². The molecule has 6 nitrogen and oxygen atoms in total. The Hall–Kier alpha value is -2.63. The van der Waals surface area contributed by atoms with Gasteiger partial charge in [-0.2, -0.15) is 0 Å². The Balaban J connectivity index is 3.74. The first-order chi connectivity index (χ1) is 14.5. The van der Waals surface area contributed by atoms with E-state index in [1.807, 2.05) is 12.2 Å². The van der Waals surface area contributed by atoms with Gasteiger partial charge in [0.05, 0.1) is 6.42 Å². The fraction of sp³-hybridized carbons (Fsp3) is 0.542. The molecule has 0 unspecified atom stereocenters. The van der Waals surface area contributed by atoms with Crippen molar-refractivity contribution in [3.63, 3.8) is 0 Å². The number of primary amides is 1. The summed E-state index contributed by atoms with van der Waals surface area (Å²) in [6, 6.07) is -1.26. The Morgan fingerprint density at radius 2 is 1.33 bits per heavy atom. The fourth-order valence-corrected chi connectivity index (χ4v) is 2.61. The van der Waals surface area contributed by atoms with Crippen molar-refractivity contribution >= 4 is 17.8 Å². The molecule has 30 heavy (non-hydrogen) atoms. The summed E-state index contributed by atoms with van der Waals surface area (Å²) < 4.78 is 0. The Labute approximate surface area is 181 Å². The zero-order chi connectivity index (χ0) is 22.5. The molecule has 0 aromatic carbocycles. The molecule has 1 atom stereocenters. The van der Waals surface area contributed by atoms with E-state index in [9.17, 15) is 14.4 Å². The highest BCUT2D eigenvalue weighted by molar-refractivity contribution is 5.88. The number of rotatable bonds is 18. The van der Waals surface area contributed by atoms with E-state index in [1.54, 1.807) is 0 Å². The number of hydrogen-bond donors (Lipinski definition) is 3. The number of hydrogen-bond acceptors (Lipinski definition) is 3. The quantitative estimate of drug-likeness (QED) is 0.224. The first kappa shape index (κ1) is 27.4. The van der Waals surface area contributed by atoms with Crippen LogP contribution in [-0.4, -0.2) is 28.9 Å². The van der Waals surface area contributed by atoms with E-state index in [-0.39, 0.29) is 12.3 Å². The zero-order valence-corrected chi connectivity index (χ0v) is 18.2. The van der Waals surface area contributed by atoms with E-state index in [4.69, 9.17) is 10.8 Å². The number of allylic oxidation sites excluding steroid dienone is 8. The lowest BCUT2D eigenvalue weighted by Gasteiger charge is -2.12. The number of carboxylic acids is 1. The van der Waals surface area contributed by atoms with Crippen LogP contribution in [0.3, 0.4) is 0 Å². The number of aliphatic carboxylic acids is 1. The van der Waals surface area contributed by atoms with Gasteiger partial charge in [0.1, 0.15) is 6.04 Å². The average molecular weight is 419 g/mol. The molecule has 0 saturated heterocycles. The maximum Gasteiger partial charge on any atom is 0.326 e. The van der Waals surface area contributed by atoms with Gasteiger partial charge in [0.25, 0.3) is 0 Å². The van der Waals surface area contributed by atoms with Crippen LogP contribution in [0.5, 0.6) is 0 Å². The molecule has 0 heterocycles. The van der Waals surface area contributed by atoms with Crippen molar-refractivity contribution in [3.05, 3.63) is 48.6 Å². The van der Waals surface area contributed by atoms with Crippen LogP contribution in [0.15, 0.2) is 48.6 Å². The van der Waals surface area contributed by atoms with Gasteiger partial charge in [-0.05, 0) is 44.9 Å². The van der Waals surface area contributed by atoms with Crippen LogP contribution in [-0.2, 0) is 14.4 Å². The summed E-state index contributed by atoms with van der Waals surface area (Å²) in [7, 11) is 0. The summed E-state index contributed by atoms with van der Waals surface area (Å²) in [5.74, 6) is -2.41. The van der Waals surface area contributed by atoms with Crippen LogP contribution in [0.2, 0.25) is 0 Å². The van der Waals surface area contributed by atoms with Crippen LogP contribution < -0.4 is 11.1 Å². The Kier molecular flexibility index (Phi) is 18.0. The lowest BCUT2D eigenvalue weighted by atomic mass is 10.1. The third-order valence-electron chi connectivity index (χ3n) is 4.27. The maximum absolute atomic E-state index is 11.7. The van der Waals surface area contributed by atoms with Crippen molar-refractivity contribution in [2.75, 3.05) is 0 Å². The van der Waals surface area contributed by atoms with E-state index >= 15 is 0 Å². The van der Waals surface area contributed by atoms with E-state index in [2.05, 4.69) is 48.7 Å². The molecule has 2 amide bonds. The van der Waals surface area contributed by atoms with Gasteiger partial charge in [-0.1, -0.05) is 68.4 Å². The van der Waals surface area contributed by atoms with Crippen LogP contribution in [0.1, 0.15) is 77.6 Å². The number of carbonyl (C=O) groups excluding carboxylic acids is 2. The molecule has 0 aliphatic carbocycles. The first-order valence-electron chi connectivity index (χ1n) is 10.9. The van der Waals surface area contributed by atoms with Gasteiger partial charge in [0, 0.05) is 6.42 Å². The largest absolute Gasteiger partial charge is 0.480 e. The third-order valence-corrected chi connectivity index (χ3v) is 4.27. The van der Waals surface area contributed by atoms with Crippen LogP contribution in [0.25, 0.3) is 0 Å². The average Bonchev–Trinajstić information content (AvgIpc) is 2.69. The smallest absolute Gasteiger partial charge is 0.326 e. The number of nitrogens with one attached hydrogen (secondary N) is 1. The summed E-state index contributed by atoms with van der Waals surface area (Å²) in [6.45, 7) is 2.22. The fourth-order valence-electron chi connectivity index (χ4n) is 2.61. The number of nitrogens with two attached hydrogens (primary N) is 1. The predicted molar refractivity (Wildman–Crippen MR) is 122 cm³/mol. The summed E-state index contributed by atoms with van der Waals surface area (Å²) in [4.78, 5) is 33.5. The molecule has 0 aromatic heterocycles. The number of carbonyl (C=O) groups is 3. The highest BCUT2D eigenvalue weighted by Crippen LogP contribution is 2.02. The monoisotopic (exact) mass is 418 g/mol. The van der Waals surface area contributed by atoms with E-state index in [1.165, 1.54) is 25.7 Å². The van der Waals surface area contributed by atoms with Crippen molar-refractivity contribution in [2.45, 2.75) is 83.6 Å². The lowest BCUT2D eigenvalue weighted by Crippen LogP contribution is -2.43. The molecular weight excluding hydrogens is 380 g/mol. The zero-order valence-electron chi connectivity index (χ0n) is 18.2. The highest BCUT2D eigenvalue weighted by atomic mass is 16.4. The molecule has 0 spiro atoms. The molecule has 0 aromatic rings. The van der Waals surface area contributed by atoms with Crippen LogP contribution >= 0.6 is 0 Å². The van der Waals surface area contributed by atoms with Gasteiger partial charge in [-0.3, -0.25) is 9.59 Å². The highest BCUT2D eigenvalue weighted by Gasteiger charge is 2.21. The van der Waals surface area contributed by atoms with Gasteiger partial charge < -0.3 is 16.2 Å². The maximum atomic E-state index is 11.7. The molecule has 6 heteroatoms. The summed E-state index contributed by atoms with van der Waals surface area (Å²) in [5, 5.41) is 11.3. The van der Waals surface area contributed by atoms with Gasteiger partial charge in [0.15, 0.2) is 0 Å². The molecule has 4 N–H and O–H groups in total. The van der Waals surface area contributed by atoms with Crippen molar-refractivity contribution in [1.82, 2.24) is 5.32 Å². The molecule has 0 fully saturated rings. The minimum Gasteiger partial charge on any atom is -0.480 e. The van der Waals surface area contributed by atoms with Crippen molar-refractivity contribution in [2.24, 2.45) is 5.73 Å². The molecule has 0 radical (unpaired) electrons. The van der Waals surface area contributed by atoms with Gasteiger partial charge >= 0.3 is 5.97 Å². The molecular formula is C24H38N2O4. The summed E-state index contributed by atoms with van der Waals surface area (Å²) >= 11 is 0. The molecule has 0 rings (SSSR count). The van der Waals surface area contributed by atoms with E-state index in [0.717, 1.165) is 25.7 Å². The lowest BCUT2D eigenvalue weighted by molar-refractivity contribution is -0.143. The third kappa shape index (κ3) is 18.7. The topological polar surface area (TPSA) is 109 Å². The molecule has 0 aliphatic rings. The van der Waals surface area contributed by atoms with Crippen LogP contribution in [0.4, 0.5) is 0 Å². The van der Waals surface area contributed by atoms with Crippen molar-refractivity contribution in [3.8, 4) is 0 Å².